The first-order valence-electron chi connectivity index (χ1n) is 8.63. The molecule has 1 aliphatic carbocycles. The van der Waals surface area contributed by atoms with Gasteiger partial charge in [0.05, 0.1) is 0 Å². The second-order valence-corrected chi connectivity index (χ2v) is 6.58. The van der Waals surface area contributed by atoms with Gasteiger partial charge < -0.3 is 5.32 Å². The van der Waals surface area contributed by atoms with Gasteiger partial charge in [-0.2, -0.15) is 0 Å². The third kappa shape index (κ3) is 2.73. The molecule has 0 saturated carbocycles. The van der Waals surface area contributed by atoms with Crippen LogP contribution >= 0.6 is 0 Å². The SMILES string of the molecule is C=CC[C@@H](c1ccc2c(c1)Cc1ccccc1-2)N1CCNCC1. The molecule has 1 saturated heterocycles. The molecule has 1 fully saturated rings. The van der Waals surface area contributed by atoms with Crippen molar-refractivity contribution in [3.63, 3.8) is 0 Å². The Bertz CT molecular complexity index is 714. The van der Waals surface area contributed by atoms with Crippen LogP contribution in [0, 0.1) is 0 Å². The number of hydrogen-bond acceptors (Lipinski definition) is 2. The summed E-state index contributed by atoms with van der Waals surface area (Å²) in [6.45, 7) is 8.40. The Morgan fingerprint density at radius 3 is 2.65 bits per heavy atom. The molecule has 2 aromatic rings. The van der Waals surface area contributed by atoms with Gasteiger partial charge in [-0.1, -0.05) is 48.5 Å². The molecule has 1 atom stereocenters. The molecule has 2 heteroatoms. The van der Waals surface area contributed by atoms with Gasteiger partial charge in [0.2, 0.25) is 0 Å². The lowest BCUT2D eigenvalue weighted by molar-refractivity contribution is 0.174. The van der Waals surface area contributed by atoms with E-state index in [9.17, 15) is 0 Å². The van der Waals surface area contributed by atoms with Crippen LogP contribution in [0.15, 0.2) is 55.1 Å². The van der Waals surface area contributed by atoms with Gasteiger partial charge >= 0.3 is 0 Å². The molecule has 1 N–H and O–H groups in total. The zero-order chi connectivity index (χ0) is 15.6. The van der Waals surface area contributed by atoms with Crippen molar-refractivity contribution in [2.45, 2.75) is 18.9 Å². The molecule has 0 bridgehead atoms. The summed E-state index contributed by atoms with van der Waals surface area (Å²) in [5, 5.41) is 3.45. The third-order valence-electron chi connectivity index (χ3n) is 5.18. The molecule has 1 aliphatic heterocycles. The van der Waals surface area contributed by atoms with Crippen molar-refractivity contribution >= 4 is 0 Å². The Balaban J connectivity index is 1.66. The zero-order valence-electron chi connectivity index (χ0n) is 13.6. The average Bonchev–Trinajstić information content (AvgIpc) is 2.98. The van der Waals surface area contributed by atoms with Gasteiger partial charge in [0, 0.05) is 32.2 Å². The minimum Gasteiger partial charge on any atom is -0.314 e. The molecule has 2 nitrogen and oxygen atoms in total. The fourth-order valence-electron chi connectivity index (χ4n) is 4.02. The van der Waals surface area contributed by atoms with Crippen LogP contribution in [-0.2, 0) is 6.42 Å². The number of nitrogens with zero attached hydrogens (tertiary/aromatic N) is 1. The summed E-state index contributed by atoms with van der Waals surface area (Å²) in [5.74, 6) is 0. The van der Waals surface area contributed by atoms with Gasteiger partial charge in [-0.3, -0.25) is 4.90 Å². The van der Waals surface area contributed by atoms with Crippen LogP contribution in [0.3, 0.4) is 0 Å². The predicted molar refractivity (Wildman–Crippen MR) is 96.7 cm³/mol. The highest BCUT2D eigenvalue weighted by Gasteiger charge is 2.24. The van der Waals surface area contributed by atoms with Crippen LogP contribution in [0.4, 0.5) is 0 Å². The number of rotatable bonds is 4. The summed E-state index contributed by atoms with van der Waals surface area (Å²) < 4.78 is 0. The second-order valence-electron chi connectivity index (χ2n) is 6.58. The maximum atomic E-state index is 3.98. The van der Waals surface area contributed by atoms with Gasteiger partial charge in [-0.15, -0.1) is 6.58 Å². The van der Waals surface area contributed by atoms with Crippen LogP contribution in [0.1, 0.15) is 29.2 Å². The molecule has 23 heavy (non-hydrogen) atoms. The van der Waals surface area contributed by atoms with Gasteiger partial charge in [-0.05, 0) is 40.7 Å². The standard InChI is InChI=1S/C21H24N2/c1-2-5-21(23-12-10-22-11-13-23)17-8-9-20-18(15-17)14-16-6-3-4-7-19(16)20/h2-4,6-9,15,21-22H,1,5,10-14H2/t21-/m0/s1. The summed E-state index contributed by atoms with van der Waals surface area (Å²) in [5.41, 5.74) is 7.21. The minimum atomic E-state index is 0.462. The lowest BCUT2D eigenvalue weighted by atomic mass is 9.96. The van der Waals surface area contributed by atoms with Crippen molar-refractivity contribution < 1.29 is 0 Å². The lowest BCUT2D eigenvalue weighted by Gasteiger charge is -2.35. The zero-order valence-corrected chi connectivity index (χ0v) is 13.6. The Hall–Kier alpha value is -1.90. The molecule has 1 heterocycles. The Morgan fingerprint density at radius 2 is 1.83 bits per heavy atom. The molecular weight excluding hydrogens is 280 g/mol. The molecule has 0 spiro atoms. The second kappa shape index (κ2) is 6.31. The molecule has 0 amide bonds. The van der Waals surface area contributed by atoms with E-state index in [0.29, 0.717) is 6.04 Å². The van der Waals surface area contributed by atoms with E-state index in [0.717, 1.165) is 39.0 Å². The summed E-state index contributed by atoms with van der Waals surface area (Å²) in [7, 11) is 0. The average molecular weight is 304 g/mol. The summed E-state index contributed by atoms with van der Waals surface area (Å²) in [4.78, 5) is 2.60. The molecule has 118 valence electrons. The molecule has 0 aromatic heterocycles. The van der Waals surface area contributed by atoms with E-state index in [1.807, 2.05) is 0 Å². The predicted octanol–water partition coefficient (Wildman–Crippen LogP) is 3.78. The third-order valence-corrected chi connectivity index (χ3v) is 5.18. The monoisotopic (exact) mass is 304 g/mol. The maximum absolute atomic E-state index is 3.98. The van der Waals surface area contributed by atoms with Crippen molar-refractivity contribution in [2.75, 3.05) is 26.2 Å². The van der Waals surface area contributed by atoms with Crippen LogP contribution < -0.4 is 5.32 Å². The Kier molecular flexibility index (Phi) is 4.02. The molecule has 0 radical (unpaired) electrons. The molecule has 2 aliphatic rings. The number of fused-ring (bicyclic) bond motifs is 3. The molecular formula is C21H24N2. The van der Waals surface area contributed by atoms with Crippen molar-refractivity contribution in [3.8, 4) is 11.1 Å². The van der Waals surface area contributed by atoms with Crippen LogP contribution in [0.2, 0.25) is 0 Å². The topological polar surface area (TPSA) is 15.3 Å². The lowest BCUT2D eigenvalue weighted by Crippen LogP contribution is -2.45. The normalized spacial score (nSPS) is 18.3. The van der Waals surface area contributed by atoms with Gasteiger partial charge in [0.25, 0.3) is 0 Å². The van der Waals surface area contributed by atoms with E-state index in [2.05, 4.69) is 65.3 Å². The van der Waals surface area contributed by atoms with Crippen molar-refractivity contribution in [2.24, 2.45) is 0 Å². The Morgan fingerprint density at radius 1 is 1.04 bits per heavy atom. The highest BCUT2D eigenvalue weighted by molar-refractivity contribution is 5.77. The largest absolute Gasteiger partial charge is 0.314 e. The van der Waals surface area contributed by atoms with Crippen LogP contribution in [0.5, 0.6) is 0 Å². The van der Waals surface area contributed by atoms with E-state index >= 15 is 0 Å². The number of hydrogen-bond donors (Lipinski definition) is 1. The quantitative estimate of drug-likeness (QED) is 0.738. The van der Waals surface area contributed by atoms with E-state index in [4.69, 9.17) is 0 Å². The van der Waals surface area contributed by atoms with Crippen molar-refractivity contribution in [3.05, 3.63) is 71.8 Å². The van der Waals surface area contributed by atoms with Crippen LogP contribution in [-0.4, -0.2) is 31.1 Å². The number of benzene rings is 2. The van der Waals surface area contributed by atoms with Gasteiger partial charge in [0.15, 0.2) is 0 Å². The summed E-state index contributed by atoms with van der Waals surface area (Å²) in [6.07, 6.45) is 4.15. The summed E-state index contributed by atoms with van der Waals surface area (Å²) >= 11 is 0. The first kappa shape index (κ1) is 14.7. The molecule has 0 unspecified atom stereocenters. The molecule has 4 rings (SSSR count). The fourth-order valence-corrected chi connectivity index (χ4v) is 4.02. The van der Waals surface area contributed by atoms with Gasteiger partial charge in [0.1, 0.15) is 0 Å². The van der Waals surface area contributed by atoms with E-state index in [1.165, 1.54) is 27.8 Å². The van der Waals surface area contributed by atoms with Crippen LogP contribution in [0.25, 0.3) is 11.1 Å². The van der Waals surface area contributed by atoms with Crippen molar-refractivity contribution in [1.29, 1.82) is 0 Å². The highest BCUT2D eigenvalue weighted by Crippen LogP contribution is 2.38. The van der Waals surface area contributed by atoms with Gasteiger partial charge in [-0.25, -0.2) is 0 Å². The number of nitrogens with one attached hydrogen (secondary N) is 1. The van der Waals surface area contributed by atoms with E-state index in [-0.39, 0.29) is 0 Å². The van der Waals surface area contributed by atoms with E-state index in [1.54, 1.807) is 0 Å². The van der Waals surface area contributed by atoms with Crippen molar-refractivity contribution in [1.82, 2.24) is 10.2 Å². The first-order chi connectivity index (χ1) is 11.4. The number of piperazine rings is 1. The maximum Gasteiger partial charge on any atom is 0.0383 e. The van der Waals surface area contributed by atoms with E-state index < -0.39 is 0 Å². The smallest absolute Gasteiger partial charge is 0.0383 e. The Labute approximate surface area is 138 Å². The first-order valence-corrected chi connectivity index (χ1v) is 8.63. The highest BCUT2D eigenvalue weighted by atomic mass is 15.2. The summed E-state index contributed by atoms with van der Waals surface area (Å²) in [6, 6.07) is 16.3. The fraction of sp³-hybridized carbons (Fsp3) is 0.333. The minimum absolute atomic E-state index is 0.462. The molecule has 2 aromatic carbocycles.